The summed E-state index contributed by atoms with van der Waals surface area (Å²) in [6.07, 6.45) is 0.761. The minimum absolute atomic E-state index is 0.168. The topological polar surface area (TPSA) is 180 Å². The summed E-state index contributed by atoms with van der Waals surface area (Å²) in [5.41, 5.74) is 5.45. The highest BCUT2D eigenvalue weighted by atomic mass is 31.2. The number of anilines is 1. The van der Waals surface area contributed by atoms with Crippen LogP contribution in [0.25, 0.3) is 5.52 Å². The number of benzene rings is 1. The van der Waals surface area contributed by atoms with Crippen LogP contribution in [0.2, 0.25) is 0 Å². The molecule has 6 atom stereocenters. The standard InChI is InChI=1S/C26H34N5O8P/c1-16(25(34)37-17-8-6-7-9-17)30-40(35,39-18-10-4-3-5-11-18)36-14-20-22(32)23(33)26(2,38-20)21-13-12-19-24(27)28-15-29-31(19)21/h3-5,10-13,15-17,20,22-23,32-33H,6-9,14H2,1-2H3,(H,30,35)(H2,27,28,29)/t16-,20+,22+,23+,26-,40?/m0/s1. The van der Waals surface area contributed by atoms with E-state index in [4.69, 9.17) is 24.3 Å². The van der Waals surface area contributed by atoms with E-state index in [9.17, 15) is 19.6 Å². The average Bonchev–Trinajstić information content (AvgIpc) is 3.65. The number of aliphatic hydroxyl groups is 2. The molecule has 1 aliphatic carbocycles. The molecule has 3 heterocycles. The minimum Gasteiger partial charge on any atom is -0.461 e. The number of nitrogens with zero attached hydrogens (tertiary/aromatic N) is 3. The Balaban J connectivity index is 1.32. The van der Waals surface area contributed by atoms with Gasteiger partial charge in [-0.3, -0.25) is 9.32 Å². The molecule has 216 valence electrons. The van der Waals surface area contributed by atoms with Crippen LogP contribution in [-0.2, 0) is 29.0 Å². The van der Waals surface area contributed by atoms with Crippen LogP contribution in [0, 0.1) is 0 Å². The first-order valence-electron chi connectivity index (χ1n) is 13.2. The zero-order chi connectivity index (χ0) is 28.5. The SMILES string of the molecule is C[C@H](NP(=O)(OC[C@H]1O[C@@](C)(c2ccc3c(N)ncnn23)[C@H](O)[C@@H]1O)Oc1ccccc1)C(=O)OC1CCCC1. The van der Waals surface area contributed by atoms with Crippen LogP contribution in [0.1, 0.15) is 45.2 Å². The van der Waals surface area contributed by atoms with E-state index in [0.29, 0.717) is 11.2 Å². The van der Waals surface area contributed by atoms with Crippen LogP contribution in [-0.4, -0.2) is 67.8 Å². The summed E-state index contributed by atoms with van der Waals surface area (Å²) in [7, 11) is -4.21. The second-order valence-corrected chi connectivity index (χ2v) is 11.9. The van der Waals surface area contributed by atoms with Gasteiger partial charge in [-0.25, -0.2) is 14.1 Å². The number of aliphatic hydroxyl groups excluding tert-OH is 2. The molecule has 2 fully saturated rings. The third-order valence-corrected chi connectivity index (χ3v) is 8.97. The highest BCUT2D eigenvalue weighted by Crippen LogP contribution is 2.47. The monoisotopic (exact) mass is 575 g/mol. The predicted molar refractivity (Wildman–Crippen MR) is 143 cm³/mol. The van der Waals surface area contributed by atoms with Crippen molar-refractivity contribution in [2.45, 2.75) is 75.6 Å². The Bertz CT molecular complexity index is 1380. The van der Waals surface area contributed by atoms with Gasteiger partial charge in [0.05, 0.1) is 12.3 Å². The van der Waals surface area contributed by atoms with E-state index in [1.54, 1.807) is 49.4 Å². The summed E-state index contributed by atoms with van der Waals surface area (Å²) in [4.78, 5) is 16.7. The fraction of sp³-hybridized carbons (Fsp3) is 0.500. The van der Waals surface area contributed by atoms with Gasteiger partial charge in [-0.05, 0) is 63.8 Å². The number of rotatable bonds is 10. The number of carbonyl (C=O) groups excluding carboxylic acids is 1. The van der Waals surface area contributed by atoms with Crippen molar-refractivity contribution >= 4 is 25.1 Å². The number of para-hydroxylation sites is 1. The number of nitrogens with two attached hydrogens (primary N) is 1. The van der Waals surface area contributed by atoms with Crippen LogP contribution in [0.3, 0.4) is 0 Å². The molecule has 0 amide bonds. The Labute approximate surface area is 231 Å². The molecule has 0 spiro atoms. The lowest BCUT2D eigenvalue weighted by atomic mass is 9.93. The third kappa shape index (κ3) is 5.71. The number of nitrogens with one attached hydrogen (secondary N) is 1. The Morgan fingerprint density at radius 1 is 1.25 bits per heavy atom. The first-order chi connectivity index (χ1) is 19.1. The van der Waals surface area contributed by atoms with Crippen LogP contribution >= 0.6 is 7.75 Å². The van der Waals surface area contributed by atoms with E-state index in [2.05, 4.69) is 15.2 Å². The molecule has 5 rings (SSSR count). The number of nitrogen functional groups attached to an aromatic ring is 1. The highest BCUT2D eigenvalue weighted by Gasteiger charge is 2.54. The zero-order valence-corrected chi connectivity index (χ0v) is 23.1. The van der Waals surface area contributed by atoms with Crippen LogP contribution in [0.15, 0.2) is 48.8 Å². The van der Waals surface area contributed by atoms with E-state index < -0.39 is 50.3 Å². The van der Waals surface area contributed by atoms with Crippen LogP contribution in [0.5, 0.6) is 5.75 Å². The van der Waals surface area contributed by atoms with Gasteiger partial charge in [0.25, 0.3) is 0 Å². The van der Waals surface area contributed by atoms with Gasteiger partial charge in [0.2, 0.25) is 0 Å². The molecule has 0 bridgehead atoms. The molecule has 3 aromatic rings. The van der Waals surface area contributed by atoms with Crippen molar-refractivity contribution in [3.8, 4) is 5.75 Å². The molecule has 1 unspecified atom stereocenters. The molecule has 13 nitrogen and oxygen atoms in total. The summed E-state index contributed by atoms with van der Waals surface area (Å²) in [5.74, 6) is -0.0956. The summed E-state index contributed by atoms with van der Waals surface area (Å²) in [6, 6.07) is 10.7. The Morgan fingerprint density at radius 3 is 2.70 bits per heavy atom. The predicted octanol–water partition coefficient (Wildman–Crippen LogP) is 2.31. The lowest BCUT2D eigenvalue weighted by Crippen LogP contribution is -2.40. The van der Waals surface area contributed by atoms with Crippen molar-refractivity contribution in [1.82, 2.24) is 19.7 Å². The average molecular weight is 576 g/mol. The summed E-state index contributed by atoms with van der Waals surface area (Å²) >= 11 is 0. The first-order valence-corrected chi connectivity index (χ1v) is 14.7. The van der Waals surface area contributed by atoms with E-state index >= 15 is 0 Å². The molecule has 1 saturated carbocycles. The van der Waals surface area contributed by atoms with Crippen molar-refractivity contribution in [3.63, 3.8) is 0 Å². The second kappa shape index (κ2) is 11.4. The number of carbonyl (C=O) groups is 1. The van der Waals surface area contributed by atoms with Crippen molar-refractivity contribution in [3.05, 3.63) is 54.5 Å². The minimum atomic E-state index is -4.21. The Kier molecular flexibility index (Phi) is 8.14. The number of hydrogen-bond acceptors (Lipinski definition) is 11. The molecule has 2 aliphatic rings. The van der Waals surface area contributed by atoms with Crippen molar-refractivity contribution in [1.29, 1.82) is 0 Å². The van der Waals surface area contributed by atoms with Gasteiger partial charge in [0.15, 0.2) is 5.82 Å². The van der Waals surface area contributed by atoms with Gasteiger partial charge in [-0.1, -0.05) is 18.2 Å². The van der Waals surface area contributed by atoms with Gasteiger partial charge >= 0.3 is 13.7 Å². The molecular formula is C26H34N5O8P. The molecule has 1 aromatic carbocycles. The molecule has 14 heteroatoms. The molecule has 0 radical (unpaired) electrons. The van der Waals surface area contributed by atoms with Gasteiger partial charge < -0.3 is 29.9 Å². The van der Waals surface area contributed by atoms with Crippen LogP contribution < -0.4 is 15.3 Å². The fourth-order valence-corrected chi connectivity index (χ4v) is 6.60. The Morgan fingerprint density at radius 2 is 1.98 bits per heavy atom. The number of esters is 1. The molecule has 1 aliphatic heterocycles. The number of ether oxygens (including phenoxy) is 2. The highest BCUT2D eigenvalue weighted by molar-refractivity contribution is 7.52. The van der Waals surface area contributed by atoms with E-state index in [1.165, 1.54) is 17.8 Å². The molecule has 40 heavy (non-hydrogen) atoms. The van der Waals surface area contributed by atoms with E-state index in [-0.39, 0.29) is 17.7 Å². The van der Waals surface area contributed by atoms with Crippen molar-refractivity contribution in [2.24, 2.45) is 0 Å². The smallest absolute Gasteiger partial charge is 0.459 e. The van der Waals surface area contributed by atoms with Crippen molar-refractivity contribution < 1.29 is 38.1 Å². The maximum Gasteiger partial charge on any atom is 0.459 e. The number of hydrogen-bond donors (Lipinski definition) is 4. The van der Waals surface area contributed by atoms with Gasteiger partial charge in [0.1, 0.15) is 53.7 Å². The lowest BCUT2D eigenvalue weighted by Gasteiger charge is -2.27. The lowest BCUT2D eigenvalue weighted by molar-refractivity contribution is -0.150. The molecule has 5 N–H and O–H groups in total. The summed E-state index contributed by atoms with van der Waals surface area (Å²) in [6.45, 7) is 2.67. The number of aromatic nitrogens is 3. The van der Waals surface area contributed by atoms with E-state index in [0.717, 1.165) is 25.7 Å². The molecule has 1 saturated heterocycles. The van der Waals surface area contributed by atoms with Gasteiger partial charge in [0, 0.05) is 0 Å². The van der Waals surface area contributed by atoms with Crippen LogP contribution in [0.4, 0.5) is 5.82 Å². The molecular weight excluding hydrogens is 541 g/mol. The molecule has 2 aromatic heterocycles. The quantitative estimate of drug-likeness (QED) is 0.205. The third-order valence-electron chi connectivity index (χ3n) is 7.32. The largest absolute Gasteiger partial charge is 0.461 e. The fourth-order valence-electron chi connectivity index (χ4n) is 5.10. The second-order valence-electron chi connectivity index (χ2n) is 10.3. The normalized spacial score (nSPS) is 27.4. The van der Waals surface area contributed by atoms with Gasteiger partial charge in [-0.15, -0.1) is 0 Å². The first kappa shape index (κ1) is 28.5. The number of fused-ring (bicyclic) bond motifs is 1. The summed E-state index contributed by atoms with van der Waals surface area (Å²) < 4.78 is 38.4. The maximum atomic E-state index is 13.9. The zero-order valence-electron chi connectivity index (χ0n) is 22.3. The van der Waals surface area contributed by atoms with Gasteiger partial charge in [-0.2, -0.15) is 10.2 Å². The van der Waals surface area contributed by atoms with Crippen molar-refractivity contribution in [2.75, 3.05) is 12.3 Å². The maximum absolute atomic E-state index is 13.9. The van der Waals surface area contributed by atoms with E-state index in [1.807, 2.05) is 0 Å². The summed E-state index contributed by atoms with van der Waals surface area (Å²) in [5, 5.41) is 28.7. The Hall–Kier alpha value is -3.06.